The molecule has 0 radical (unpaired) electrons. The fraction of sp³-hybridized carbons (Fsp3) is 0.727. The molecule has 1 heterocycles. The van der Waals surface area contributed by atoms with Gasteiger partial charge in [-0.25, -0.2) is 0 Å². The Kier molecular flexibility index (Phi) is 5.15. The molecular weight excluding hydrogens is 256 g/mol. The van der Waals surface area contributed by atoms with E-state index in [2.05, 4.69) is 41.8 Å². The van der Waals surface area contributed by atoms with Crippen LogP contribution in [0.5, 0.6) is 5.75 Å². The lowest BCUT2D eigenvalue weighted by atomic mass is 10.1. The van der Waals surface area contributed by atoms with Crippen molar-refractivity contribution in [2.75, 3.05) is 11.9 Å². The van der Waals surface area contributed by atoms with E-state index in [4.69, 9.17) is 4.74 Å². The van der Waals surface area contributed by atoms with Crippen molar-refractivity contribution < 1.29 is 4.74 Å². The average Bonchev–Trinajstić information content (AvgIpc) is 2.68. The molecule has 0 aliphatic carbocycles. The maximum absolute atomic E-state index is 5.67. The lowest BCUT2D eigenvalue weighted by Crippen LogP contribution is -2.12. The molecule has 3 nitrogen and oxygen atoms in total. The van der Waals surface area contributed by atoms with Crippen LogP contribution in [0, 0.1) is 5.92 Å². The van der Waals surface area contributed by atoms with Crippen molar-refractivity contribution in [3.8, 4) is 5.75 Å². The minimum Gasteiger partial charge on any atom is -0.490 e. The van der Waals surface area contributed by atoms with E-state index in [1.165, 1.54) is 0 Å². The predicted molar refractivity (Wildman–Crippen MR) is 65.7 cm³/mol. The Bertz CT molecular complexity index is 282. The van der Waals surface area contributed by atoms with Crippen molar-refractivity contribution in [2.24, 2.45) is 5.92 Å². The summed E-state index contributed by atoms with van der Waals surface area (Å²) in [7, 11) is 0. The Hall–Kier alpha value is -0.510. The third-order valence-corrected chi connectivity index (χ3v) is 3.30. The van der Waals surface area contributed by atoms with Crippen LogP contribution in [-0.2, 0) is 0 Å². The van der Waals surface area contributed by atoms with Gasteiger partial charge >= 0.3 is 0 Å². The highest BCUT2D eigenvalue weighted by atomic mass is 79.9. The van der Waals surface area contributed by atoms with Crippen LogP contribution in [0.15, 0.2) is 12.4 Å². The smallest absolute Gasteiger partial charge is 0.157 e. The van der Waals surface area contributed by atoms with Gasteiger partial charge in [-0.2, -0.15) is 5.10 Å². The Morgan fingerprint density at radius 2 is 2.27 bits per heavy atom. The largest absolute Gasteiger partial charge is 0.490 e. The van der Waals surface area contributed by atoms with Crippen LogP contribution in [0.4, 0.5) is 0 Å². The quantitative estimate of drug-likeness (QED) is 0.745. The lowest BCUT2D eigenvalue weighted by molar-refractivity contribution is 0.259. The van der Waals surface area contributed by atoms with Crippen molar-refractivity contribution in [2.45, 2.75) is 33.2 Å². The number of nitrogens with zero attached hydrogens (tertiary/aromatic N) is 2. The van der Waals surface area contributed by atoms with Gasteiger partial charge < -0.3 is 4.74 Å². The second-order valence-electron chi connectivity index (χ2n) is 3.99. The van der Waals surface area contributed by atoms with E-state index in [0.717, 1.165) is 24.1 Å². The SMILES string of the molecule is CCC(CBr)COc1cnn(C(C)C)c1. The topological polar surface area (TPSA) is 27.1 Å². The lowest BCUT2D eigenvalue weighted by Gasteiger charge is -2.11. The third kappa shape index (κ3) is 3.86. The summed E-state index contributed by atoms with van der Waals surface area (Å²) >= 11 is 3.48. The van der Waals surface area contributed by atoms with Crippen LogP contribution in [0.2, 0.25) is 0 Å². The maximum Gasteiger partial charge on any atom is 0.157 e. The molecule has 0 aromatic carbocycles. The highest BCUT2D eigenvalue weighted by Gasteiger charge is 2.07. The summed E-state index contributed by atoms with van der Waals surface area (Å²) in [6.45, 7) is 7.13. The fourth-order valence-corrected chi connectivity index (χ4v) is 1.81. The van der Waals surface area contributed by atoms with E-state index < -0.39 is 0 Å². The van der Waals surface area contributed by atoms with Crippen molar-refractivity contribution >= 4 is 15.9 Å². The first-order chi connectivity index (χ1) is 7.17. The molecule has 4 heteroatoms. The molecule has 0 bridgehead atoms. The minimum absolute atomic E-state index is 0.389. The van der Waals surface area contributed by atoms with Gasteiger partial charge in [-0.15, -0.1) is 0 Å². The first kappa shape index (κ1) is 12.6. The van der Waals surface area contributed by atoms with E-state index in [1.54, 1.807) is 6.20 Å². The van der Waals surface area contributed by atoms with Crippen LogP contribution in [0.3, 0.4) is 0 Å². The number of aromatic nitrogens is 2. The highest BCUT2D eigenvalue weighted by Crippen LogP contribution is 2.15. The predicted octanol–water partition coefficient (Wildman–Crippen LogP) is 3.26. The molecule has 0 amide bonds. The Morgan fingerprint density at radius 1 is 1.53 bits per heavy atom. The molecular formula is C11H19BrN2O. The van der Waals surface area contributed by atoms with Crippen molar-refractivity contribution in [1.82, 2.24) is 9.78 Å². The molecule has 1 rings (SSSR count). The van der Waals surface area contributed by atoms with Gasteiger partial charge in [0.25, 0.3) is 0 Å². The van der Waals surface area contributed by atoms with Crippen molar-refractivity contribution in [1.29, 1.82) is 0 Å². The zero-order valence-electron chi connectivity index (χ0n) is 9.61. The van der Waals surface area contributed by atoms with Gasteiger partial charge in [-0.1, -0.05) is 22.9 Å². The number of halogens is 1. The van der Waals surface area contributed by atoms with Crippen LogP contribution in [0.25, 0.3) is 0 Å². The molecule has 1 atom stereocenters. The Morgan fingerprint density at radius 3 is 2.73 bits per heavy atom. The van der Waals surface area contributed by atoms with Crippen LogP contribution in [-0.4, -0.2) is 21.7 Å². The first-order valence-corrected chi connectivity index (χ1v) is 6.52. The molecule has 0 aliphatic heterocycles. The second-order valence-corrected chi connectivity index (χ2v) is 4.64. The van der Waals surface area contributed by atoms with Gasteiger partial charge in [0.2, 0.25) is 0 Å². The third-order valence-electron chi connectivity index (χ3n) is 2.39. The molecule has 86 valence electrons. The average molecular weight is 275 g/mol. The molecule has 1 aromatic rings. The monoisotopic (exact) mass is 274 g/mol. The summed E-state index contributed by atoms with van der Waals surface area (Å²) in [4.78, 5) is 0. The zero-order valence-corrected chi connectivity index (χ0v) is 11.2. The summed E-state index contributed by atoms with van der Waals surface area (Å²) in [5.74, 6) is 1.44. The molecule has 1 unspecified atom stereocenters. The summed E-state index contributed by atoms with van der Waals surface area (Å²) in [6.07, 6.45) is 4.86. The summed E-state index contributed by atoms with van der Waals surface area (Å²) in [6, 6.07) is 0.389. The van der Waals surface area contributed by atoms with E-state index in [0.29, 0.717) is 12.0 Å². The van der Waals surface area contributed by atoms with E-state index in [1.807, 2.05) is 10.9 Å². The molecule has 0 aliphatic rings. The first-order valence-electron chi connectivity index (χ1n) is 5.40. The van der Waals surface area contributed by atoms with Gasteiger partial charge in [0.1, 0.15) is 0 Å². The van der Waals surface area contributed by atoms with Gasteiger partial charge in [0.15, 0.2) is 5.75 Å². The standard InChI is InChI=1S/C11H19BrN2O/c1-4-10(5-12)8-15-11-6-13-14(7-11)9(2)3/h6-7,9-10H,4-5,8H2,1-3H3. The van der Waals surface area contributed by atoms with Crippen LogP contribution < -0.4 is 4.74 Å². The Labute approximate surface area is 99.9 Å². The van der Waals surface area contributed by atoms with Crippen LogP contribution in [0.1, 0.15) is 33.2 Å². The molecule has 0 fully saturated rings. The summed E-state index contributed by atoms with van der Waals surface area (Å²) in [5, 5.41) is 5.21. The number of ether oxygens (including phenoxy) is 1. The number of alkyl halides is 1. The van der Waals surface area contributed by atoms with Crippen molar-refractivity contribution in [3.63, 3.8) is 0 Å². The maximum atomic E-state index is 5.67. The molecule has 15 heavy (non-hydrogen) atoms. The van der Waals surface area contributed by atoms with E-state index in [9.17, 15) is 0 Å². The number of hydrogen-bond donors (Lipinski definition) is 0. The molecule has 0 saturated carbocycles. The fourth-order valence-electron chi connectivity index (χ4n) is 1.16. The van der Waals surface area contributed by atoms with Crippen molar-refractivity contribution in [3.05, 3.63) is 12.4 Å². The zero-order chi connectivity index (χ0) is 11.3. The molecule has 1 aromatic heterocycles. The molecule has 0 N–H and O–H groups in total. The normalized spacial score (nSPS) is 13.1. The molecule has 0 spiro atoms. The number of hydrogen-bond acceptors (Lipinski definition) is 2. The van der Waals surface area contributed by atoms with E-state index in [-0.39, 0.29) is 0 Å². The molecule has 0 saturated heterocycles. The second kappa shape index (κ2) is 6.16. The van der Waals surface area contributed by atoms with Gasteiger partial charge in [0.05, 0.1) is 19.0 Å². The van der Waals surface area contributed by atoms with Gasteiger partial charge in [0, 0.05) is 17.3 Å². The highest BCUT2D eigenvalue weighted by molar-refractivity contribution is 9.09. The summed E-state index contributed by atoms with van der Waals surface area (Å²) in [5.41, 5.74) is 0. The number of rotatable bonds is 6. The minimum atomic E-state index is 0.389. The van der Waals surface area contributed by atoms with E-state index >= 15 is 0 Å². The van der Waals surface area contributed by atoms with Crippen LogP contribution >= 0.6 is 15.9 Å². The summed E-state index contributed by atoms with van der Waals surface area (Å²) < 4.78 is 7.57. The van der Waals surface area contributed by atoms with Gasteiger partial charge in [-0.05, 0) is 20.3 Å². The Balaban J connectivity index is 2.43. The van der Waals surface area contributed by atoms with Gasteiger partial charge in [-0.3, -0.25) is 4.68 Å².